The summed E-state index contributed by atoms with van der Waals surface area (Å²) in [5.41, 5.74) is 1.16. The molecule has 1 N–H and O–H groups in total. The van der Waals surface area contributed by atoms with Crippen molar-refractivity contribution in [2.45, 2.75) is 26.3 Å². The van der Waals surface area contributed by atoms with Gasteiger partial charge in [0.1, 0.15) is 0 Å². The quantitative estimate of drug-likeness (QED) is 0.927. The lowest BCUT2D eigenvalue weighted by Crippen LogP contribution is -2.35. The van der Waals surface area contributed by atoms with Gasteiger partial charge in [0.2, 0.25) is 5.95 Å². The largest absolute Gasteiger partial charge is 0.365 e. The van der Waals surface area contributed by atoms with Crippen molar-refractivity contribution in [1.29, 1.82) is 0 Å². The minimum Gasteiger partial charge on any atom is -0.365 e. The molecule has 0 saturated carbocycles. The fraction of sp³-hybridized carbons (Fsp3) is 0.467. The third-order valence-electron chi connectivity index (χ3n) is 3.71. The summed E-state index contributed by atoms with van der Waals surface area (Å²) in [6.45, 7) is 5.00. The zero-order valence-corrected chi connectivity index (χ0v) is 12.2. The molecule has 1 saturated heterocycles. The molecule has 1 fully saturated rings. The number of nitrogens with one attached hydrogen (secondary N) is 1. The van der Waals surface area contributed by atoms with Crippen molar-refractivity contribution in [3.8, 4) is 0 Å². The van der Waals surface area contributed by atoms with Gasteiger partial charge < -0.3 is 10.2 Å². The molecule has 3 heterocycles. The molecule has 1 atom stereocenters. The van der Waals surface area contributed by atoms with Gasteiger partial charge in [0.15, 0.2) is 5.82 Å². The molecule has 6 nitrogen and oxygen atoms in total. The highest BCUT2D eigenvalue weighted by atomic mass is 15.3. The number of rotatable bonds is 4. The van der Waals surface area contributed by atoms with Crippen molar-refractivity contribution >= 4 is 11.8 Å². The van der Waals surface area contributed by atoms with Crippen LogP contribution in [0.2, 0.25) is 0 Å². The van der Waals surface area contributed by atoms with Crippen LogP contribution in [0.4, 0.5) is 11.8 Å². The number of hydrogen-bond donors (Lipinski definition) is 1. The predicted molar refractivity (Wildman–Crippen MR) is 82.0 cm³/mol. The molecule has 0 radical (unpaired) electrons. The first-order valence-electron chi connectivity index (χ1n) is 7.39. The second-order valence-electron chi connectivity index (χ2n) is 5.54. The summed E-state index contributed by atoms with van der Waals surface area (Å²) in [6, 6.07) is 3.96. The minimum absolute atomic E-state index is 0.691. The van der Waals surface area contributed by atoms with E-state index in [0.717, 1.165) is 30.4 Å². The number of aromatic nitrogens is 4. The molecule has 1 unspecified atom stereocenters. The maximum absolute atomic E-state index is 4.57. The van der Waals surface area contributed by atoms with Crippen molar-refractivity contribution in [2.24, 2.45) is 5.92 Å². The van der Waals surface area contributed by atoms with E-state index in [1.54, 1.807) is 18.6 Å². The second kappa shape index (κ2) is 6.47. The van der Waals surface area contributed by atoms with E-state index < -0.39 is 0 Å². The maximum Gasteiger partial charge on any atom is 0.247 e. The molecular weight excluding hydrogens is 264 g/mol. The molecule has 0 bridgehead atoms. The van der Waals surface area contributed by atoms with Crippen LogP contribution in [0.3, 0.4) is 0 Å². The van der Waals surface area contributed by atoms with Crippen LogP contribution < -0.4 is 10.2 Å². The van der Waals surface area contributed by atoms with Gasteiger partial charge >= 0.3 is 0 Å². The van der Waals surface area contributed by atoms with E-state index in [1.165, 1.54) is 12.8 Å². The van der Waals surface area contributed by atoms with Crippen molar-refractivity contribution in [3.63, 3.8) is 0 Å². The standard InChI is InChI=1S/C15H20N6/c1-12-3-2-8-21(11-12)15-19-14(10-18-20-15)17-9-13-4-6-16-7-5-13/h4-7,10,12H,2-3,8-9,11H2,1H3,(H,17,19,20). The van der Waals surface area contributed by atoms with Crippen LogP contribution in [0.25, 0.3) is 0 Å². The third kappa shape index (κ3) is 3.65. The van der Waals surface area contributed by atoms with Crippen LogP contribution in [-0.4, -0.2) is 33.3 Å². The predicted octanol–water partition coefficient (Wildman–Crippen LogP) is 2.11. The van der Waals surface area contributed by atoms with Crippen molar-refractivity contribution in [2.75, 3.05) is 23.3 Å². The van der Waals surface area contributed by atoms with E-state index in [2.05, 4.69) is 37.3 Å². The molecule has 2 aromatic rings. The number of pyridine rings is 1. The Morgan fingerprint density at radius 1 is 1.33 bits per heavy atom. The molecule has 110 valence electrons. The Bertz CT molecular complexity index is 573. The van der Waals surface area contributed by atoms with Crippen molar-refractivity contribution < 1.29 is 0 Å². The Balaban J connectivity index is 1.65. The summed E-state index contributed by atoms with van der Waals surface area (Å²) in [6.07, 6.45) is 7.72. The second-order valence-corrected chi connectivity index (χ2v) is 5.54. The molecule has 1 aliphatic rings. The van der Waals surface area contributed by atoms with E-state index in [1.807, 2.05) is 12.1 Å². The van der Waals surface area contributed by atoms with E-state index in [-0.39, 0.29) is 0 Å². The maximum atomic E-state index is 4.57. The summed E-state index contributed by atoms with van der Waals surface area (Å²) in [4.78, 5) is 10.8. The Kier molecular flexibility index (Phi) is 4.23. The molecule has 21 heavy (non-hydrogen) atoms. The topological polar surface area (TPSA) is 66.8 Å². The average Bonchev–Trinajstić information content (AvgIpc) is 2.54. The summed E-state index contributed by atoms with van der Waals surface area (Å²) in [5.74, 6) is 2.17. The van der Waals surface area contributed by atoms with Crippen LogP contribution >= 0.6 is 0 Å². The SMILES string of the molecule is CC1CCCN(c2nncc(NCc3ccncc3)n2)C1. The van der Waals surface area contributed by atoms with Gasteiger partial charge in [0.05, 0.1) is 6.20 Å². The van der Waals surface area contributed by atoms with Gasteiger partial charge in [-0.05, 0) is 36.5 Å². The Morgan fingerprint density at radius 2 is 2.19 bits per heavy atom. The average molecular weight is 284 g/mol. The first-order valence-corrected chi connectivity index (χ1v) is 7.39. The van der Waals surface area contributed by atoms with Gasteiger partial charge in [-0.15, -0.1) is 5.10 Å². The molecule has 0 aromatic carbocycles. The number of piperidine rings is 1. The van der Waals surface area contributed by atoms with Crippen LogP contribution in [0.5, 0.6) is 0 Å². The van der Waals surface area contributed by atoms with Gasteiger partial charge in [-0.2, -0.15) is 10.1 Å². The lowest BCUT2D eigenvalue weighted by Gasteiger charge is -2.30. The van der Waals surface area contributed by atoms with Gasteiger partial charge in [-0.25, -0.2) is 0 Å². The third-order valence-corrected chi connectivity index (χ3v) is 3.71. The lowest BCUT2D eigenvalue weighted by atomic mass is 10.0. The van der Waals surface area contributed by atoms with Gasteiger partial charge in [-0.3, -0.25) is 4.98 Å². The number of nitrogens with zero attached hydrogens (tertiary/aromatic N) is 5. The molecule has 6 heteroatoms. The number of hydrogen-bond acceptors (Lipinski definition) is 6. The number of anilines is 2. The van der Waals surface area contributed by atoms with Gasteiger partial charge in [0.25, 0.3) is 0 Å². The van der Waals surface area contributed by atoms with E-state index >= 15 is 0 Å². The monoisotopic (exact) mass is 284 g/mol. The van der Waals surface area contributed by atoms with E-state index in [9.17, 15) is 0 Å². The fourth-order valence-corrected chi connectivity index (χ4v) is 2.58. The summed E-state index contributed by atoms with van der Waals surface area (Å²) < 4.78 is 0. The van der Waals surface area contributed by atoms with Crippen LogP contribution in [0.1, 0.15) is 25.3 Å². The smallest absolute Gasteiger partial charge is 0.247 e. The molecule has 1 aliphatic heterocycles. The van der Waals surface area contributed by atoms with Gasteiger partial charge in [-0.1, -0.05) is 6.92 Å². The highest BCUT2D eigenvalue weighted by Gasteiger charge is 2.19. The highest BCUT2D eigenvalue weighted by Crippen LogP contribution is 2.20. The van der Waals surface area contributed by atoms with E-state index in [4.69, 9.17) is 0 Å². The first-order chi connectivity index (χ1) is 10.3. The zero-order chi connectivity index (χ0) is 14.5. The van der Waals surface area contributed by atoms with Crippen molar-refractivity contribution in [1.82, 2.24) is 20.2 Å². The minimum atomic E-state index is 0.691. The molecular formula is C15H20N6. The summed E-state index contributed by atoms with van der Waals surface area (Å²) in [5, 5.41) is 11.5. The van der Waals surface area contributed by atoms with E-state index in [0.29, 0.717) is 12.5 Å². The first kappa shape index (κ1) is 13.7. The summed E-state index contributed by atoms with van der Waals surface area (Å²) in [7, 11) is 0. The molecule has 2 aromatic heterocycles. The Morgan fingerprint density at radius 3 is 3.00 bits per heavy atom. The molecule has 0 amide bonds. The fourth-order valence-electron chi connectivity index (χ4n) is 2.58. The Hall–Kier alpha value is -2.24. The molecule has 0 aliphatic carbocycles. The van der Waals surface area contributed by atoms with Gasteiger partial charge in [0, 0.05) is 32.0 Å². The highest BCUT2D eigenvalue weighted by molar-refractivity contribution is 5.39. The van der Waals surface area contributed by atoms with Crippen LogP contribution in [-0.2, 0) is 6.54 Å². The zero-order valence-electron chi connectivity index (χ0n) is 12.2. The molecule has 0 spiro atoms. The van der Waals surface area contributed by atoms with Crippen LogP contribution in [0.15, 0.2) is 30.7 Å². The lowest BCUT2D eigenvalue weighted by molar-refractivity contribution is 0.441. The Labute approximate surface area is 124 Å². The van der Waals surface area contributed by atoms with Crippen molar-refractivity contribution in [3.05, 3.63) is 36.3 Å². The molecule has 3 rings (SSSR count). The van der Waals surface area contributed by atoms with Crippen LogP contribution in [0, 0.1) is 5.92 Å². The summed E-state index contributed by atoms with van der Waals surface area (Å²) >= 11 is 0. The normalized spacial score (nSPS) is 18.5.